The smallest absolute Gasteiger partial charge is 0.276 e. The molecule has 1 unspecified atom stereocenters. The first kappa shape index (κ1) is 20.8. The summed E-state index contributed by atoms with van der Waals surface area (Å²) >= 11 is -1.08. The van der Waals surface area contributed by atoms with Gasteiger partial charge in [0.15, 0.2) is 4.90 Å². The summed E-state index contributed by atoms with van der Waals surface area (Å²) in [4.78, 5) is 7.68. The first-order valence-corrected chi connectivity index (χ1v) is 11.1. The third-order valence-electron chi connectivity index (χ3n) is 5.24. The maximum absolute atomic E-state index is 13.8. The molecule has 0 radical (unpaired) electrons. The van der Waals surface area contributed by atoms with E-state index in [1.165, 1.54) is 0 Å². The highest BCUT2D eigenvalue weighted by atomic mass is 32.2. The van der Waals surface area contributed by atoms with Gasteiger partial charge in [-0.3, -0.25) is 0 Å². The van der Waals surface area contributed by atoms with Crippen LogP contribution in [0, 0.1) is 6.92 Å². The Balaban J connectivity index is 1.73. The molecule has 5 nitrogen and oxygen atoms in total. The maximum atomic E-state index is 13.8. The molecule has 3 aromatic rings. The molecule has 4 rings (SSSR count). The van der Waals surface area contributed by atoms with Crippen LogP contribution in [-0.4, -0.2) is 40.8 Å². The van der Waals surface area contributed by atoms with Crippen molar-refractivity contribution in [3.8, 4) is 0 Å². The Hall–Kier alpha value is -2.42. The van der Waals surface area contributed by atoms with Crippen LogP contribution in [-0.2, 0) is 17.7 Å². The van der Waals surface area contributed by atoms with E-state index in [1.54, 1.807) is 6.07 Å². The van der Waals surface area contributed by atoms with Crippen molar-refractivity contribution >= 4 is 33.6 Å². The van der Waals surface area contributed by atoms with Crippen LogP contribution in [0.1, 0.15) is 11.1 Å². The summed E-state index contributed by atoms with van der Waals surface area (Å²) in [6, 6.07) is 15.3. The third kappa shape index (κ3) is 4.35. The fourth-order valence-electron chi connectivity index (χ4n) is 3.57. The lowest BCUT2D eigenvalue weighted by atomic mass is 10.1. The number of nitrogens with zero attached hydrogens (tertiary/aromatic N) is 2. The molecule has 0 saturated carbocycles. The average molecular weight is 431 g/mol. The number of rotatable bonds is 5. The molecule has 0 fully saturated rings. The lowest BCUT2D eigenvalue weighted by Gasteiger charge is -2.23. The molecule has 0 bridgehead atoms. The quantitative estimate of drug-likeness (QED) is 0.604. The van der Waals surface area contributed by atoms with Crippen LogP contribution < -0.4 is 16.0 Å². The molecule has 2 aromatic carbocycles. The van der Waals surface area contributed by atoms with Gasteiger partial charge in [-0.05, 0) is 36.3 Å². The Morgan fingerprint density at radius 2 is 2.03 bits per heavy atom. The molecule has 158 valence electrons. The SMILES string of the molecule is Cc1ccc2nc(N3CC[S+]([O-])c4ccccc4C3)cc(NCC(F)(F)CN)c2c1. The van der Waals surface area contributed by atoms with Gasteiger partial charge < -0.3 is 20.5 Å². The summed E-state index contributed by atoms with van der Waals surface area (Å²) < 4.78 is 40.2. The highest BCUT2D eigenvalue weighted by Crippen LogP contribution is 2.31. The van der Waals surface area contributed by atoms with E-state index in [0.717, 1.165) is 26.9 Å². The van der Waals surface area contributed by atoms with E-state index in [9.17, 15) is 13.3 Å². The molecule has 0 spiro atoms. The number of nitrogens with two attached hydrogens (primary N) is 1. The zero-order valence-corrected chi connectivity index (χ0v) is 17.5. The van der Waals surface area contributed by atoms with Gasteiger partial charge in [0.25, 0.3) is 5.92 Å². The van der Waals surface area contributed by atoms with Crippen molar-refractivity contribution in [1.29, 1.82) is 0 Å². The molecule has 1 aromatic heterocycles. The number of pyridine rings is 1. The summed E-state index contributed by atoms with van der Waals surface area (Å²) in [6.45, 7) is 1.80. The fourth-order valence-corrected chi connectivity index (χ4v) is 4.83. The Labute approximate surface area is 177 Å². The Morgan fingerprint density at radius 3 is 2.83 bits per heavy atom. The van der Waals surface area contributed by atoms with Gasteiger partial charge >= 0.3 is 0 Å². The molecule has 1 atom stereocenters. The largest absolute Gasteiger partial charge is 0.611 e. The van der Waals surface area contributed by atoms with Crippen molar-refractivity contribution in [2.24, 2.45) is 5.73 Å². The van der Waals surface area contributed by atoms with Gasteiger partial charge in [0.05, 0.1) is 25.2 Å². The second-order valence-electron chi connectivity index (χ2n) is 7.54. The molecule has 30 heavy (non-hydrogen) atoms. The van der Waals surface area contributed by atoms with Crippen molar-refractivity contribution in [1.82, 2.24) is 4.98 Å². The Kier molecular flexibility index (Phi) is 5.81. The van der Waals surface area contributed by atoms with Crippen LogP contribution >= 0.6 is 0 Å². The molecule has 0 saturated heterocycles. The minimum Gasteiger partial charge on any atom is -0.611 e. The summed E-state index contributed by atoms with van der Waals surface area (Å²) in [5, 5.41) is 3.66. The second kappa shape index (κ2) is 8.37. The topological polar surface area (TPSA) is 77.2 Å². The number of aromatic nitrogens is 1. The van der Waals surface area contributed by atoms with E-state index in [4.69, 9.17) is 10.7 Å². The zero-order valence-electron chi connectivity index (χ0n) is 16.7. The fraction of sp³-hybridized carbons (Fsp3) is 0.318. The number of aryl methyl sites for hydroxylation is 1. The van der Waals surface area contributed by atoms with E-state index < -0.39 is 30.2 Å². The van der Waals surface area contributed by atoms with Crippen molar-refractivity contribution < 1.29 is 13.3 Å². The highest BCUT2D eigenvalue weighted by Gasteiger charge is 2.28. The molecular formula is C22H24F2N4OS. The van der Waals surface area contributed by atoms with E-state index in [1.807, 2.05) is 49.4 Å². The van der Waals surface area contributed by atoms with Crippen molar-refractivity contribution in [2.45, 2.75) is 24.3 Å². The minimum absolute atomic E-state index is 0.485. The van der Waals surface area contributed by atoms with E-state index >= 15 is 0 Å². The van der Waals surface area contributed by atoms with Gasteiger partial charge in [0, 0.05) is 29.2 Å². The van der Waals surface area contributed by atoms with Gasteiger partial charge in [0.2, 0.25) is 0 Å². The lowest BCUT2D eigenvalue weighted by molar-refractivity contribution is 0.0254. The first-order valence-electron chi connectivity index (χ1n) is 9.81. The number of hydrogen-bond donors (Lipinski definition) is 2. The van der Waals surface area contributed by atoms with Crippen molar-refractivity contribution in [3.05, 3.63) is 59.7 Å². The molecule has 0 amide bonds. The molecule has 1 aliphatic heterocycles. The Bertz CT molecular complexity index is 1060. The average Bonchev–Trinajstić information content (AvgIpc) is 2.91. The summed E-state index contributed by atoms with van der Waals surface area (Å²) in [5.41, 5.74) is 8.50. The predicted octanol–water partition coefficient (Wildman–Crippen LogP) is 3.68. The first-order chi connectivity index (χ1) is 14.4. The minimum atomic E-state index is -3.00. The molecule has 1 aliphatic rings. The zero-order chi connectivity index (χ0) is 21.3. The van der Waals surface area contributed by atoms with E-state index in [0.29, 0.717) is 30.3 Å². The van der Waals surface area contributed by atoms with E-state index in [2.05, 4.69) is 10.2 Å². The maximum Gasteiger partial charge on any atom is 0.276 e. The Morgan fingerprint density at radius 1 is 1.23 bits per heavy atom. The number of hydrogen-bond acceptors (Lipinski definition) is 5. The monoisotopic (exact) mass is 430 g/mol. The van der Waals surface area contributed by atoms with Gasteiger partial charge in [0.1, 0.15) is 11.6 Å². The predicted molar refractivity (Wildman–Crippen MR) is 118 cm³/mol. The van der Waals surface area contributed by atoms with Crippen LogP contribution in [0.4, 0.5) is 20.3 Å². The molecule has 8 heteroatoms. The normalized spacial score (nSPS) is 17.0. The van der Waals surface area contributed by atoms with Crippen LogP contribution in [0.5, 0.6) is 0 Å². The number of fused-ring (bicyclic) bond motifs is 2. The number of alkyl halides is 2. The van der Waals surface area contributed by atoms with Gasteiger partial charge in [-0.15, -0.1) is 0 Å². The number of benzene rings is 2. The summed E-state index contributed by atoms with van der Waals surface area (Å²) in [5.74, 6) is -1.85. The number of halogens is 2. The molecule has 0 aliphatic carbocycles. The van der Waals surface area contributed by atoms with Gasteiger partial charge in [-0.2, -0.15) is 0 Å². The summed E-state index contributed by atoms with van der Waals surface area (Å²) in [7, 11) is 0. The lowest BCUT2D eigenvalue weighted by Crippen LogP contribution is -2.35. The molecule has 2 heterocycles. The second-order valence-corrected chi connectivity index (χ2v) is 9.08. The van der Waals surface area contributed by atoms with Gasteiger partial charge in [-0.25, -0.2) is 13.8 Å². The standard InChI is InChI=1S/C22H24F2N4OS/c1-15-6-7-18-17(10-15)19(26-14-22(23,24)13-25)11-21(27-18)28-8-9-30(29)20-5-3-2-4-16(20)12-28/h2-7,10-11H,8-9,12-14,25H2,1H3,(H,26,27). The third-order valence-corrected chi connectivity index (χ3v) is 6.68. The van der Waals surface area contributed by atoms with Gasteiger partial charge in [-0.1, -0.05) is 29.8 Å². The van der Waals surface area contributed by atoms with Crippen molar-refractivity contribution in [3.63, 3.8) is 0 Å². The number of anilines is 2. The van der Waals surface area contributed by atoms with Crippen LogP contribution in [0.15, 0.2) is 53.4 Å². The molecular weight excluding hydrogens is 406 g/mol. The molecule has 3 N–H and O–H groups in total. The van der Waals surface area contributed by atoms with E-state index in [-0.39, 0.29) is 0 Å². The van der Waals surface area contributed by atoms with Crippen LogP contribution in [0.25, 0.3) is 10.9 Å². The summed E-state index contributed by atoms with van der Waals surface area (Å²) in [6.07, 6.45) is 0. The van der Waals surface area contributed by atoms with Crippen molar-refractivity contribution in [2.75, 3.05) is 35.6 Å². The highest BCUT2D eigenvalue weighted by molar-refractivity contribution is 7.91. The van der Waals surface area contributed by atoms with Crippen LogP contribution in [0.3, 0.4) is 0 Å². The van der Waals surface area contributed by atoms with Crippen LogP contribution in [0.2, 0.25) is 0 Å². The number of nitrogens with one attached hydrogen (secondary N) is 1.